The molecule has 0 heterocycles. The van der Waals surface area contributed by atoms with Crippen molar-refractivity contribution in [1.82, 2.24) is 0 Å². The largest absolute Gasteiger partial charge is 0.390 e. The van der Waals surface area contributed by atoms with E-state index in [4.69, 9.17) is 4.74 Å². The maximum absolute atomic E-state index is 14.6. The van der Waals surface area contributed by atoms with Gasteiger partial charge in [-0.15, -0.1) is 0 Å². The van der Waals surface area contributed by atoms with Crippen molar-refractivity contribution in [2.45, 2.75) is 150 Å². The molecule has 3 unspecified atom stereocenters. The van der Waals surface area contributed by atoms with Gasteiger partial charge in [-0.1, -0.05) is 61.0 Å². The Labute approximate surface area is 238 Å². The van der Waals surface area contributed by atoms with E-state index in [2.05, 4.69) is 61.5 Å². The Balaban J connectivity index is 1.26. The second kappa shape index (κ2) is 7.83. The van der Waals surface area contributed by atoms with Gasteiger partial charge < -0.3 is 9.84 Å². The molecule has 39 heavy (non-hydrogen) atoms. The van der Waals surface area contributed by atoms with Crippen LogP contribution in [0.1, 0.15) is 132 Å². The lowest BCUT2D eigenvalue weighted by atomic mass is 9.33. The smallest absolute Gasteiger partial charge is 0.159 e. The number of carbonyl (C=O) groups excluding carboxylic acids is 1. The number of hydrogen-bond donors (Lipinski definition) is 1. The van der Waals surface area contributed by atoms with Gasteiger partial charge in [0.2, 0.25) is 0 Å². The summed E-state index contributed by atoms with van der Waals surface area (Å²) in [5.41, 5.74) is 2.11. The molecule has 0 amide bonds. The van der Waals surface area contributed by atoms with Gasteiger partial charge in [0.15, 0.2) is 5.78 Å². The van der Waals surface area contributed by atoms with Crippen molar-refractivity contribution in [2.75, 3.05) is 0 Å². The summed E-state index contributed by atoms with van der Waals surface area (Å²) in [6.07, 6.45) is 16.3. The zero-order chi connectivity index (χ0) is 28.0. The maximum atomic E-state index is 14.6. The lowest BCUT2D eigenvalue weighted by molar-refractivity contribution is -0.210. The van der Waals surface area contributed by atoms with Gasteiger partial charge >= 0.3 is 0 Å². The molecule has 0 aromatic carbocycles. The molecule has 7 aliphatic carbocycles. The van der Waals surface area contributed by atoms with Crippen LogP contribution in [0.25, 0.3) is 0 Å². The van der Waals surface area contributed by atoms with E-state index in [-0.39, 0.29) is 39.3 Å². The molecular weight excluding hydrogens is 480 g/mol. The Morgan fingerprint density at radius 2 is 1.44 bits per heavy atom. The molecule has 0 bridgehead atoms. The Kier molecular flexibility index (Phi) is 5.46. The average Bonchev–Trinajstić information content (AvgIpc) is 3.75. The summed E-state index contributed by atoms with van der Waals surface area (Å²) >= 11 is 0. The number of ether oxygens (including phenoxy) is 1. The Hall–Kier alpha value is -0.670. The molecule has 0 aliphatic heterocycles. The minimum Gasteiger partial charge on any atom is -0.390 e. The SMILES string of the molecule is CC1(C)CC[C@]2(C)CC[C@]3(C)C(=CC(=O)[C@@H]4[C@@]5(C)CCC(C6(OC7CC7)C[C@@H]6O)C(C)(C)C5CC[C@]43C)[C@H]2C1. The molecule has 0 aromatic heterocycles. The maximum Gasteiger partial charge on any atom is 0.159 e. The second-order valence-corrected chi connectivity index (χ2v) is 18.3. The first-order valence-corrected chi connectivity index (χ1v) is 16.6. The van der Waals surface area contributed by atoms with Crippen LogP contribution in [0.2, 0.25) is 0 Å². The topological polar surface area (TPSA) is 46.5 Å². The Morgan fingerprint density at radius 3 is 2.08 bits per heavy atom. The number of allylic oxidation sites excluding steroid dienone is 2. The van der Waals surface area contributed by atoms with E-state index in [0.29, 0.717) is 40.5 Å². The third-order valence-corrected chi connectivity index (χ3v) is 15.3. The predicted octanol–water partition coefficient (Wildman–Crippen LogP) is 8.29. The molecule has 3 heteroatoms. The Morgan fingerprint density at radius 1 is 0.795 bits per heavy atom. The number of ketones is 1. The third-order valence-electron chi connectivity index (χ3n) is 15.3. The fourth-order valence-electron chi connectivity index (χ4n) is 12.5. The third kappa shape index (κ3) is 3.44. The molecule has 0 spiro atoms. The molecule has 0 aromatic rings. The van der Waals surface area contributed by atoms with Crippen LogP contribution in [0, 0.1) is 56.2 Å². The highest BCUT2D eigenvalue weighted by Crippen LogP contribution is 2.76. The quantitative estimate of drug-likeness (QED) is 0.395. The van der Waals surface area contributed by atoms with Crippen molar-refractivity contribution in [3.05, 3.63) is 11.6 Å². The van der Waals surface area contributed by atoms with Crippen LogP contribution in [0.15, 0.2) is 11.6 Å². The van der Waals surface area contributed by atoms with Crippen molar-refractivity contribution in [1.29, 1.82) is 0 Å². The van der Waals surface area contributed by atoms with Crippen LogP contribution in [-0.4, -0.2) is 28.7 Å². The number of aliphatic hydroxyl groups excluding tert-OH is 1. The van der Waals surface area contributed by atoms with Crippen LogP contribution in [0.3, 0.4) is 0 Å². The molecule has 10 atom stereocenters. The molecule has 7 aliphatic rings. The summed E-state index contributed by atoms with van der Waals surface area (Å²) in [4.78, 5) is 14.6. The van der Waals surface area contributed by atoms with Gasteiger partial charge in [0.05, 0.1) is 12.2 Å². The number of rotatable bonds is 3. The van der Waals surface area contributed by atoms with Gasteiger partial charge in [-0.3, -0.25) is 4.79 Å². The zero-order valence-electron chi connectivity index (χ0n) is 26.3. The van der Waals surface area contributed by atoms with Gasteiger partial charge in [0, 0.05) is 12.3 Å². The molecular formula is C36H56O3. The lowest BCUT2D eigenvalue weighted by Gasteiger charge is -2.71. The number of hydrogen-bond acceptors (Lipinski definition) is 3. The summed E-state index contributed by atoms with van der Waals surface area (Å²) in [5.74, 6) is 1.97. The van der Waals surface area contributed by atoms with E-state index in [9.17, 15) is 9.90 Å². The summed E-state index contributed by atoms with van der Waals surface area (Å²) in [7, 11) is 0. The molecule has 6 saturated carbocycles. The zero-order valence-corrected chi connectivity index (χ0v) is 26.3. The van der Waals surface area contributed by atoms with Gasteiger partial charge in [-0.2, -0.15) is 0 Å². The van der Waals surface area contributed by atoms with Crippen LogP contribution in [-0.2, 0) is 9.53 Å². The molecule has 3 nitrogen and oxygen atoms in total. The van der Waals surface area contributed by atoms with Crippen molar-refractivity contribution < 1.29 is 14.6 Å². The summed E-state index contributed by atoms with van der Waals surface area (Å²) in [6, 6.07) is 0. The second-order valence-electron chi connectivity index (χ2n) is 18.3. The first kappa shape index (κ1) is 27.2. The first-order chi connectivity index (χ1) is 18.0. The molecule has 0 saturated heterocycles. The van der Waals surface area contributed by atoms with Crippen LogP contribution < -0.4 is 0 Å². The van der Waals surface area contributed by atoms with Crippen molar-refractivity contribution in [2.24, 2.45) is 56.2 Å². The van der Waals surface area contributed by atoms with E-state index >= 15 is 0 Å². The van der Waals surface area contributed by atoms with Gasteiger partial charge in [0.1, 0.15) is 5.60 Å². The highest BCUT2D eigenvalue weighted by Gasteiger charge is 2.73. The molecule has 6 fully saturated rings. The molecule has 7 rings (SSSR count). The van der Waals surface area contributed by atoms with E-state index in [1.807, 2.05) is 0 Å². The molecule has 0 radical (unpaired) electrons. The number of fused-ring (bicyclic) bond motifs is 7. The van der Waals surface area contributed by atoms with Crippen molar-refractivity contribution in [3.63, 3.8) is 0 Å². The monoisotopic (exact) mass is 536 g/mol. The average molecular weight is 537 g/mol. The highest BCUT2D eigenvalue weighted by molar-refractivity contribution is 5.95. The van der Waals surface area contributed by atoms with Gasteiger partial charge in [-0.25, -0.2) is 0 Å². The number of aliphatic hydroxyl groups is 1. The summed E-state index contributed by atoms with van der Waals surface area (Å²) in [5, 5.41) is 10.9. The highest BCUT2D eigenvalue weighted by atomic mass is 16.5. The van der Waals surface area contributed by atoms with E-state index < -0.39 is 0 Å². The first-order valence-electron chi connectivity index (χ1n) is 16.6. The fourth-order valence-corrected chi connectivity index (χ4v) is 12.5. The standard InChI is InChI=1S/C36H56O3/c1-30(2)15-16-32(5)17-18-34(7)23(24(32)20-30)19-25(37)29-33(6)13-11-27(36(21-28(36)38)39-22-9-10-22)31(3,4)26(33)12-14-35(29,34)8/h19,22,24,26-29,38H,9-18,20-21H2,1-8H3/t24-,26?,27?,28+,29-,32-,33+,34-,35-,36?/m1/s1. The van der Waals surface area contributed by atoms with Crippen molar-refractivity contribution in [3.8, 4) is 0 Å². The van der Waals surface area contributed by atoms with Crippen LogP contribution in [0.5, 0.6) is 0 Å². The van der Waals surface area contributed by atoms with E-state index in [1.165, 1.54) is 38.5 Å². The normalized spacial score (nSPS) is 55.5. The van der Waals surface area contributed by atoms with Crippen LogP contribution in [0.4, 0.5) is 0 Å². The van der Waals surface area contributed by atoms with E-state index in [0.717, 1.165) is 38.5 Å². The van der Waals surface area contributed by atoms with Gasteiger partial charge in [-0.05, 0) is 127 Å². The molecule has 218 valence electrons. The fraction of sp³-hybridized carbons (Fsp3) is 0.917. The van der Waals surface area contributed by atoms with Crippen LogP contribution >= 0.6 is 0 Å². The van der Waals surface area contributed by atoms with E-state index in [1.54, 1.807) is 5.57 Å². The summed E-state index contributed by atoms with van der Waals surface area (Å²) < 4.78 is 6.64. The minimum absolute atomic E-state index is 0.00230. The van der Waals surface area contributed by atoms with Crippen molar-refractivity contribution >= 4 is 5.78 Å². The summed E-state index contributed by atoms with van der Waals surface area (Å²) in [6.45, 7) is 20.0. The lowest BCUT2D eigenvalue weighted by Crippen LogP contribution is -2.66. The minimum atomic E-state index is -0.329. The molecule has 1 N–H and O–H groups in total. The predicted molar refractivity (Wildman–Crippen MR) is 156 cm³/mol. The Bertz CT molecular complexity index is 1110. The van der Waals surface area contributed by atoms with Gasteiger partial charge in [0.25, 0.3) is 0 Å². The number of carbonyl (C=O) groups is 1.